The van der Waals surface area contributed by atoms with E-state index in [0.717, 1.165) is 29.5 Å². The summed E-state index contributed by atoms with van der Waals surface area (Å²) in [4.78, 5) is 12.9. The number of hydrogen-bond donors (Lipinski definition) is 0. The highest BCUT2D eigenvalue weighted by Gasteiger charge is 2.34. The Kier molecular flexibility index (Phi) is 4.78. The SMILES string of the molecule is O=C(CSc1nnnn1C1CC1)N(Cc1ccco1)CC(F)(F)F. The summed E-state index contributed by atoms with van der Waals surface area (Å²) in [6.45, 7) is -1.57. The van der Waals surface area contributed by atoms with Crippen molar-refractivity contribution in [1.29, 1.82) is 0 Å². The lowest BCUT2D eigenvalue weighted by Crippen LogP contribution is -2.39. The van der Waals surface area contributed by atoms with Gasteiger partial charge in [0.2, 0.25) is 11.1 Å². The molecule has 0 aromatic carbocycles. The van der Waals surface area contributed by atoms with E-state index >= 15 is 0 Å². The highest BCUT2D eigenvalue weighted by Crippen LogP contribution is 2.36. The van der Waals surface area contributed by atoms with Crippen LogP contribution in [-0.2, 0) is 11.3 Å². The molecule has 11 heteroatoms. The molecule has 0 aliphatic heterocycles. The number of thioether (sulfide) groups is 1. The van der Waals surface area contributed by atoms with E-state index < -0.39 is 18.6 Å². The molecule has 0 bridgehead atoms. The number of tetrazole rings is 1. The van der Waals surface area contributed by atoms with Crippen LogP contribution < -0.4 is 0 Å². The predicted octanol–water partition coefficient (Wildman–Crippen LogP) is 2.28. The van der Waals surface area contributed by atoms with E-state index in [9.17, 15) is 18.0 Å². The lowest BCUT2D eigenvalue weighted by atomic mass is 10.3. The van der Waals surface area contributed by atoms with E-state index in [2.05, 4.69) is 15.5 Å². The Morgan fingerprint density at radius 3 is 2.88 bits per heavy atom. The maximum absolute atomic E-state index is 12.7. The van der Waals surface area contributed by atoms with Crippen molar-refractivity contribution in [3.8, 4) is 0 Å². The Morgan fingerprint density at radius 1 is 1.46 bits per heavy atom. The van der Waals surface area contributed by atoms with Crippen molar-refractivity contribution in [2.45, 2.75) is 36.8 Å². The molecular formula is C13H14F3N5O2S. The van der Waals surface area contributed by atoms with Crippen LogP contribution >= 0.6 is 11.8 Å². The number of alkyl halides is 3. The fourth-order valence-electron chi connectivity index (χ4n) is 2.09. The number of furan rings is 1. The first kappa shape index (κ1) is 16.8. The maximum atomic E-state index is 12.7. The smallest absolute Gasteiger partial charge is 0.406 e. The molecule has 0 spiro atoms. The molecule has 2 heterocycles. The zero-order chi connectivity index (χ0) is 17.2. The molecule has 130 valence electrons. The van der Waals surface area contributed by atoms with Crippen LogP contribution in [0.25, 0.3) is 0 Å². The van der Waals surface area contributed by atoms with Crippen molar-refractivity contribution in [2.24, 2.45) is 0 Å². The average Bonchev–Trinajstić information content (AvgIpc) is 3.03. The van der Waals surface area contributed by atoms with Crippen molar-refractivity contribution < 1.29 is 22.4 Å². The lowest BCUT2D eigenvalue weighted by Gasteiger charge is -2.22. The van der Waals surface area contributed by atoms with Gasteiger partial charge in [0.1, 0.15) is 12.3 Å². The molecular weight excluding hydrogens is 347 g/mol. The zero-order valence-corrected chi connectivity index (χ0v) is 13.3. The van der Waals surface area contributed by atoms with Crippen molar-refractivity contribution >= 4 is 17.7 Å². The summed E-state index contributed by atoms with van der Waals surface area (Å²) in [5.74, 6) is -0.538. The number of halogens is 3. The summed E-state index contributed by atoms with van der Waals surface area (Å²) >= 11 is 1.03. The fourth-order valence-corrected chi connectivity index (χ4v) is 2.93. The van der Waals surface area contributed by atoms with E-state index in [-0.39, 0.29) is 18.3 Å². The van der Waals surface area contributed by atoms with Gasteiger partial charge in [0.15, 0.2) is 0 Å². The summed E-state index contributed by atoms with van der Waals surface area (Å²) in [6.07, 6.45) is -1.21. The molecule has 2 aromatic heterocycles. The normalized spacial score (nSPS) is 14.8. The minimum atomic E-state index is -4.48. The second kappa shape index (κ2) is 6.83. The maximum Gasteiger partial charge on any atom is 0.406 e. The van der Waals surface area contributed by atoms with Crippen molar-refractivity contribution in [1.82, 2.24) is 25.1 Å². The van der Waals surface area contributed by atoms with Gasteiger partial charge in [-0.2, -0.15) is 13.2 Å². The molecule has 1 aliphatic carbocycles. The van der Waals surface area contributed by atoms with Gasteiger partial charge in [-0.3, -0.25) is 4.79 Å². The first-order chi connectivity index (χ1) is 11.4. The van der Waals surface area contributed by atoms with E-state index in [1.165, 1.54) is 12.3 Å². The van der Waals surface area contributed by atoms with Crippen LogP contribution in [0.1, 0.15) is 24.6 Å². The van der Waals surface area contributed by atoms with Gasteiger partial charge in [-0.15, -0.1) is 5.10 Å². The molecule has 1 saturated carbocycles. The van der Waals surface area contributed by atoms with Gasteiger partial charge in [-0.25, -0.2) is 4.68 Å². The second-order valence-corrected chi connectivity index (χ2v) is 6.31. The molecule has 24 heavy (non-hydrogen) atoms. The van der Waals surface area contributed by atoms with Gasteiger partial charge in [-0.1, -0.05) is 11.8 Å². The Morgan fingerprint density at radius 2 is 2.25 bits per heavy atom. The van der Waals surface area contributed by atoms with Gasteiger partial charge in [0.05, 0.1) is 24.6 Å². The van der Waals surface area contributed by atoms with Gasteiger partial charge >= 0.3 is 6.18 Å². The van der Waals surface area contributed by atoms with Crippen molar-refractivity contribution in [2.75, 3.05) is 12.3 Å². The number of rotatable bonds is 7. The van der Waals surface area contributed by atoms with Crippen LogP contribution in [0.2, 0.25) is 0 Å². The highest BCUT2D eigenvalue weighted by molar-refractivity contribution is 7.99. The van der Waals surface area contributed by atoms with Crippen LogP contribution in [0.5, 0.6) is 0 Å². The Hall–Kier alpha value is -2.04. The van der Waals surface area contributed by atoms with E-state index in [1.54, 1.807) is 10.7 Å². The molecule has 3 rings (SSSR count). The summed E-state index contributed by atoms with van der Waals surface area (Å²) in [5, 5.41) is 11.6. The van der Waals surface area contributed by atoms with Crippen molar-refractivity contribution in [3.63, 3.8) is 0 Å². The number of hydrogen-bond acceptors (Lipinski definition) is 6. The fraction of sp³-hybridized carbons (Fsp3) is 0.538. The molecule has 7 nitrogen and oxygen atoms in total. The Bertz CT molecular complexity index is 684. The van der Waals surface area contributed by atoms with Crippen molar-refractivity contribution in [3.05, 3.63) is 24.2 Å². The molecule has 2 aromatic rings. The molecule has 0 radical (unpaired) electrons. The molecule has 1 aliphatic rings. The third kappa shape index (κ3) is 4.49. The zero-order valence-electron chi connectivity index (χ0n) is 12.4. The monoisotopic (exact) mass is 361 g/mol. The molecule has 0 atom stereocenters. The van der Waals surface area contributed by atoms with E-state index in [1.807, 2.05) is 0 Å². The topological polar surface area (TPSA) is 77.1 Å². The second-order valence-electron chi connectivity index (χ2n) is 5.37. The summed E-state index contributed by atoms with van der Waals surface area (Å²) in [6, 6.07) is 3.31. The van der Waals surface area contributed by atoms with Crippen LogP contribution in [0.4, 0.5) is 13.2 Å². The first-order valence-electron chi connectivity index (χ1n) is 7.20. The third-order valence-corrected chi connectivity index (χ3v) is 4.25. The first-order valence-corrected chi connectivity index (χ1v) is 8.18. The molecule has 1 amide bonds. The lowest BCUT2D eigenvalue weighted by molar-refractivity contribution is -0.161. The van der Waals surface area contributed by atoms with Gasteiger partial charge in [0, 0.05) is 0 Å². The summed E-state index contributed by atoms with van der Waals surface area (Å²) in [7, 11) is 0. The average molecular weight is 361 g/mol. The van der Waals surface area contributed by atoms with Gasteiger partial charge < -0.3 is 9.32 Å². The Labute approximate surface area is 139 Å². The Balaban J connectivity index is 1.62. The number of amides is 1. The summed E-state index contributed by atoms with van der Waals surface area (Å²) in [5.41, 5.74) is 0. The molecule has 0 unspecified atom stereocenters. The standard InChI is InChI=1S/C13H14F3N5O2S/c14-13(15,16)8-20(6-10-2-1-5-23-10)11(22)7-24-12-17-18-19-21(12)9-3-4-9/h1-2,5,9H,3-4,6-8H2. The van der Waals surface area contributed by atoms with E-state index in [0.29, 0.717) is 10.9 Å². The minimum absolute atomic E-state index is 0.177. The highest BCUT2D eigenvalue weighted by atomic mass is 32.2. The van der Waals surface area contributed by atoms with Crippen LogP contribution in [-0.4, -0.2) is 49.5 Å². The number of aromatic nitrogens is 4. The van der Waals surface area contributed by atoms with Gasteiger partial charge in [-0.05, 0) is 35.4 Å². The van der Waals surface area contributed by atoms with Crippen LogP contribution in [0.3, 0.4) is 0 Å². The van der Waals surface area contributed by atoms with Gasteiger partial charge in [0.25, 0.3) is 0 Å². The van der Waals surface area contributed by atoms with E-state index in [4.69, 9.17) is 4.42 Å². The number of nitrogens with zero attached hydrogens (tertiary/aromatic N) is 5. The molecule has 0 N–H and O–H groups in total. The number of carbonyl (C=O) groups excluding carboxylic acids is 1. The molecule has 0 saturated heterocycles. The third-order valence-electron chi connectivity index (χ3n) is 3.33. The molecule has 1 fully saturated rings. The number of carbonyl (C=O) groups is 1. The largest absolute Gasteiger partial charge is 0.467 e. The van der Waals surface area contributed by atoms with Crippen LogP contribution in [0, 0.1) is 0 Å². The van der Waals surface area contributed by atoms with Crippen LogP contribution in [0.15, 0.2) is 28.0 Å². The predicted molar refractivity (Wildman–Crippen MR) is 77.0 cm³/mol. The summed E-state index contributed by atoms with van der Waals surface area (Å²) < 4.78 is 44.8. The quantitative estimate of drug-likeness (QED) is 0.704. The minimum Gasteiger partial charge on any atom is -0.467 e.